The number of thiol groups is 1. The molecule has 1 aromatic carbocycles. The van der Waals surface area contributed by atoms with E-state index in [9.17, 15) is 8.42 Å². The van der Waals surface area contributed by atoms with Crippen LogP contribution >= 0.6 is 23.2 Å². The number of rotatable bonds is 4. The van der Waals surface area contributed by atoms with Crippen LogP contribution in [0.5, 0.6) is 0 Å². The third kappa shape index (κ3) is 4.19. The Kier molecular flexibility index (Phi) is 4.35. The number of hydrogen-bond acceptors (Lipinski definition) is 6. The molecule has 0 aliphatic carbocycles. The lowest BCUT2D eigenvalue weighted by Crippen LogP contribution is -2.00. The summed E-state index contributed by atoms with van der Waals surface area (Å²) in [6, 6.07) is 6.45. The van der Waals surface area contributed by atoms with Crippen LogP contribution in [-0.2, 0) is 10.9 Å². The van der Waals surface area contributed by atoms with E-state index in [0.29, 0.717) is 11.4 Å². The largest absolute Gasteiger partial charge is 0.324 e. The normalized spacial score (nSPS) is 10.5. The number of aromatic nitrogens is 3. The molecular weight excluding hydrogens is 313 g/mol. The molecule has 7 nitrogen and oxygen atoms in total. The summed E-state index contributed by atoms with van der Waals surface area (Å²) in [6.07, 6.45) is 0. The molecule has 2 N–H and O–H groups in total. The molecular formula is C9H7Cl2N5O2S. The zero-order chi connectivity index (χ0) is 13.8. The summed E-state index contributed by atoms with van der Waals surface area (Å²) < 4.78 is 23.2. The topological polar surface area (TPSA) is 96.9 Å². The highest BCUT2D eigenvalue weighted by molar-refractivity contribution is 7.73. The van der Waals surface area contributed by atoms with Gasteiger partial charge in [0.15, 0.2) is 0 Å². The van der Waals surface area contributed by atoms with Crippen molar-refractivity contribution in [2.75, 3.05) is 10.0 Å². The second-order valence-corrected chi connectivity index (χ2v) is 4.68. The summed E-state index contributed by atoms with van der Waals surface area (Å²) >= 11 is 11.3. The van der Waals surface area contributed by atoms with Gasteiger partial charge >= 0.3 is 0 Å². The highest BCUT2D eigenvalue weighted by Gasteiger charge is 2.03. The lowest BCUT2D eigenvalue weighted by molar-refractivity contribution is 0.619. The van der Waals surface area contributed by atoms with Crippen molar-refractivity contribution in [1.82, 2.24) is 15.0 Å². The minimum atomic E-state index is -2.68. The molecule has 0 radical (unpaired) electrons. The summed E-state index contributed by atoms with van der Waals surface area (Å²) in [4.78, 5) is 11.3. The SMILES string of the molecule is O=[SH](=O)Nc1ccc(Nc2nc(Cl)nc(Cl)n2)cc1. The van der Waals surface area contributed by atoms with Gasteiger partial charge in [-0.3, -0.25) is 4.72 Å². The maximum atomic E-state index is 10.5. The summed E-state index contributed by atoms with van der Waals surface area (Å²) in [5, 5.41) is 2.81. The third-order valence-electron chi connectivity index (χ3n) is 1.94. The zero-order valence-electron chi connectivity index (χ0n) is 9.17. The molecule has 1 aromatic heterocycles. The average Bonchev–Trinajstić information content (AvgIpc) is 2.29. The van der Waals surface area contributed by atoms with Gasteiger partial charge in [0, 0.05) is 11.4 Å². The number of benzene rings is 1. The van der Waals surface area contributed by atoms with Crippen molar-refractivity contribution < 1.29 is 8.42 Å². The van der Waals surface area contributed by atoms with Crippen LogP contribution in [0.15, 0.2) is 24.3 Å². The quantitative estimate of drug-likeness (QED) is 0.744. The smallest absolute Gasteiger partial charge is 0.232 e. The molecule has 0 saturated carbocycles. The van der Waals surface area contributed by atoms with Crippen molar-refractivity contribution in [2.24, 2.45) is 0 Å². The maximum absolute atomic E-state index is 10.5. The molecule has 0 aliphatic heterocycles. The van der Waals surface area contributed by atoms with Crippen molar-refractivity contribution in [3.8, 4) is 0 Å². The molecule has 0 aliphatic rings. The standard InChI is InChI=1S/C9H7Cl2N5O2S/c10-7-13-8(11)15-9(14-7)12-5-1-3-6(4-2-5)16-19(17)18/h1-4,19H,(H,16,17,18)(H,12,13,14,15). The molecule has 0 bridgehead atoms. The molecule has 10 heteroatoms. The van der Waals surface area contributed by atoms with Crippen molar-refractivity contribution in [2.45, 2.75) is 0 Å². The van der Waals surface area contributed by atoms with Crippen LogP contribution in [0.1, 0.15) is 0 Å². The molecule has 100 valence electrons. The second-order valence-electron chi connectivity index (χ2n) is 3.27. The van der Waals surface area contributed by atoms with Gasteiger partial charge in [0.05, 0.1) is 0 Å². The van der Waals surface area contributed by atoms with Gasteiger partial charge in [-0.25, -0.2) is 8.42 Å². The monoisotopic (exact) mass is 319 g/mol. The molecule has 19 heavy (non-hydrogen) atoms. The van der Waals surface area contributed by atoms with E-state index in [0.717, 1.165) is 0 Å². The first-order chi connectivity index (χ1) is 9.02. The average molecular weight is 320 g/mol. The molecule has 0 saturated heterocycles. The first kappa shape index (κ1) is 13.8. The minimum absolute atomic E-state index is 0.0239. The minimum Gasteiger partial charge on any atom is -0.324 e. The Morgan fingerprint density at radius 2 is 1.42 bits per heavy atom. The third-order valence-corrected chi connectivity index (χ3v) is 2.72. The summed E-state index contributed by atoms with van der Waals surface area (Å²) in [5.74, 6) is 0.195. The van der Waals surface area contributed by atoms with E-state index in [4.69, 9.17) is 23.2 Å². The Balaban J connectivity index is 2.14. The van der Waals surface area contributed by atoms with Crippen molar-refractivity contribution in [3.05, 3.63) is 34.8 Å². The van der Waals surface area contributed by atoms with E-state index in [1.807, 2.05) is 0 Å². The Morgan fingerprint density at radius 1 is 0.895 bits per heavy atom. The molecule has 1 heterocycles. The highest BCUT2D eigenvalue weighted by atomic mass is 35.5. The Morgan fingerprint density at radius 3 is 1.95 bits per heavy atom. The van der Waals surface area contributed by atoms with Gasteiger partial charge in [-0.15, -0.1) is 0 Å². The fourth-order valence-corrected chi connectivity index (χ4v) is 1.97. The predicted octanol–water partition coefficient (Wildman–Crippen LogP) is 1.86. The van der Waals surface area contributed by atoms with Crippen molar-refractivity contribution in [1.29, 1.82) is 0 Å². The van der Waals surface area contributed by atoms with Crippen LogP contribution in [0.25, 0.3) is 0 Å². The molecule has 0 spiro atoms. The van der Waals surface area contributed by atoms with E-state index in [-0.39, 0.29) is 16.5 Å². The van der Waals surface area contributed by atoms with Gasteiger partial charge in [0.2, 0.25) is 27.4 Å². The lowest BCUT2D eigenvalue weighted by atomic mass is 10.3. The van der Waals surface area contributed by atoms with E-state index >= 15 is 0 Å². The van der Waals surface area contributed by atoms with Gasteiger partial charge in [-0.1, -0.05) is 0 Å². The van der Waals surface area contributed by atoms with Gasteiger partial charge in [0.1, 0.15) is 0 Å². The van der Waals surface area contributed by atoms with Crippen molar-refractivity contribution >= 4 is 51.4 Å². The van der Waals surface area contributed by atoms with Gasteiger partial charge in [-0.2, -0.15) is 15.0 Å². The second kappa shape index (κ2) is 6.00. The number of anilines is 3. The summed E-state index contributed by atoms with van der Waals surface area (Å²) in [6.45, 7) is 0. The molecule has 0 unspecified atom stereocenters. The Bertz CT molecular complexity index is 634. The van der Waals surface area contributed by atoms with Crippen molar-refractivity contribution in [3.63, 3.8) is 0 Å². The zero-order valence-corrected chi connectivity index (χ0v) is 11.6. The number of nitrogens with one attached hydrogen (secondary N) is 2. The van der Waals surface area contributed by atoms with Crippen LogP contribution in [0.3, 0.4) is 0 Å². The predicted molar refractivity (Wildman–Crippen MR) is 73.5 cm³/mol. The molecule has 0 atom stereocenters. The van der Waals surface area contributed by atoms with E-state index in [1.54, 1.807) is 24.3 Å². The fourth-order valence-electron chi connectivity index (χ4n) is 1.24. The number of hydrogen-bond donors (Lipinski definition) is 3. The van der Waals surface area contributed by atoms with Crippen LogP contribution in [-0.4, -0.2) is 23.4 Å². The molecule has 0 amide bonds. The Hall–Kier alpha value is -1.64. The molecule has 0 fully saturated rings. The van der Waals surface area contributed by atoms with E-state index < -0.39 is 10.9 Å². The van der Waals surface area contributed by atoms with Gasteiger partial charge in [-0.05, 0) is 47.5 Å². The summed E-state index contributed by atoms with van der Waals surface area (Å²) in [7, 11) is -2.68. The highest BCUT2D eigenvalue weighted by Crippen LogP contribution is 2.18. The van der Waals surface area contributed by atoms with Gasteiger partial charge in [0.25, 0.3) is 0 Å². The molecule has 2 aromatic rings. The van der Waals surface area contributed by atoms with Gasteiger partial charge < -0.3 is 5.32 Å². The number of nitrogens with zero attached hydrogens (tertiary/aromatic N) is 3. The van der Waals surface area contributed by atoms with Crippen LogP contribution < -0.4 is 10.0 Å². The number of halogens is 2. The van der Waals surface area contributed by atoms with Crippen LogP contribution in [0.4, 0.5) is 17.3 Å². The van der Waals surface area contributed by atoms with Crippen LogP contribution in [0.2, 0.25) is 10.6 Å². The first-order valence-corrected chi connectivity index (χ1v) is 6.81. The van der Waals surface area contributed by atoms with E-state index in [2.05, 4.69) is 25.0 Å². The molecule has 2 rings (SSSR count). The summed E-state index contributed by atoms with van der Waals surface area (Å²) in [5.41, 5.74) is 1.10. The lowest BCUT2D eigenvalue weighted by Gasteiger charge is -2.05. The Labute approximate surface area is 120 Å². The van der Waals surface area contributed by atoms with E-state index in [1.165, 1.54) is 0 Å². The first-order valence-electron chi connectivity index (χ1n) is 4.88. The van der Waals surface area contributed by atoms with Crippen LogP contribution in [0, 0.1) is 0 Å². The maximum Gasteiger partial charge on any atom is 0.232 e. The fraction of sp³-hybridized carbons (Fsp3) is 0.